The maximum Gasteiger partial charge on any atom is 0.131 e. The van der Waals surface area contributed by atoms with Gasteiger partial charge in [0.05, 0.1) is 25.4 Å². The van der Waals surface area contributed by atoms with Gasteiger partial charge in [-0.3, -0.25) is 4.90 Å². The molecule has 7 heteroatoms. The minimum Gasteiger partial charge on any atom is -0.395 e. The van der Waals surface area contributed by atoms with Crippen molar-refractivity contribution in [2.75, 3.05) is 26.3 Å². The van der Waals surface area contributed by atoms with Crippen molar-refractivity contribution in [2.24, 2.45) is 0 Å². The van der Waals surface area contributed by atoms with E-state index in [1.807, 2.05) is 35.2 Å². The van der Waals surface area contributed by atoms with Gasteiger partial charge in [-0.15, -0.1) is 0 Å². The van der Waals surface area contributed by atoms with E-state index in [2.05, 4.69) is 0 Å². The number of piperidine rings is 1. The van der Waals surface area contributed by atoms with Gasteiger partial charge in [0.15, 0.2) is 0 Å². The monoisotopic (exact) mass is 433 g/mol. The van der Waals surface area contributed by atoms with Gasteiger partial charge in [0.25, 0.3) is 0 Å². The van der Waals surface area contributed by atoms with E-state index < -0.39 is 24.4 Å². The zero-order valence-electron chi connectivity index (χ0n) is 17.6. The van der Waals surface area contributed by atoms with Gasteiger partial charge >= 0.3 is 0 Å². The Balaban J connectivity index is 1.33. The first-order chi connectivity index (χ1) is 15.0. The Morgan fingerprint density at radius 1 is 0.935 bits per heavy atom. The predicted octanol–water partition coefficient (Wildman–Crippen LogP) is 1.94. The van der Waals surface area contributed by atoms with E-state index in [4.69, 9.17) is 4.74 Å². The van der Waals surface area contributed by atoms with Gasteiger partial charge in [0.2, 0.25) is 0 Å². The quantitative estimate of drug-likeness (QED) is 0.428. The van der Waals surface area contributed by atoms with Crippen LogP contribution in [0.5, 0.6) is 0 Å². The lowest BCUT2D eigenvalue weighted by Gasteiger charge is -2.43. The average Bonchev–Trinajstić information content (AvgIpc) is 2.78. The van der Waals surface area contributed by atoms with Gasteiger partial charge in [0.1, 0.15) is 18.0 Å². The molecule has 0 aromatic heterocycles. The first-order valence-electron chi connectivity index (χ1n) is 10.8. The zero-order chi connectivity index (χ0) is 22.2. The van der Waals surface area contributed by atoms with Gasteiger partial charge < -0.3 is 25.2 Å². The van der Waals surface area contributed by atoms with Crippen molar-refractivity contribution in [1.82, 2.24) is 4.90 Å². The standard InChI is InChI=1S/C24H32FNO5/c25-20-7-3-2-6-19(20)18-10-8-17(9-11-18)16-31-13-5-1-4-12-26-14-22(28)24(30)23(29)21(26)15-27/h2-3,6-11,21-24,27-30H,1,4-5,12-16H2/t21-,22+,23-,24-/m1/s1. The smallest absolute Gasteiger partial charge is 0.131 e. The number of aliphatic hydroxyl groups is 4. The summed E-state index contributed by atoms with van der Waals surface area (Å²) in [6.07, 6.45) is -0.753. The number of hydrogen-bond acceptors (Lipinski definition) is 6. The molecule has 3 rings (SSSR count). The van der Waals surface area contributed by atoms with Gasteiger partial charge in [-0.2, -0.15) is 0 Å². The molecule has 4 atom stereocenters. The summed E-state index contributed by atoms with van der Waals surface area (Å²) >= 11 is 0. The molecule has 2 aromatic rings. The molecule has 2 aromatic carbocycles. The van der Waals surface area contributed by atoms with Crippen LogP contribution in [-0.2, 0) is 11.3 Å². The largest absolute Gasteiger partial charge is 0.395 e. The van der Waals surface area contributed by atoms with E-state index in [1.54, 1.807) is 12.1 Å². The van der Waals surface area contributed by atoms with Crippen molar-refractivity contribution in [2.45, 2.75) is 50.2 Å². The predicted molar refractivity (Wildman–Crippen MR) is 116 cm³/mol. The Morgan fingerprint density at radius 2 is 1.68 bits per heavy atom. The highest BCUT2D eigenvalue weighted by molar-refractivity contribution is 5.64. The number of aliphatic hydroxyl groups excluding tert-OH is 4. The van der Waals surface area contributed by atoms with Crippen LogP contribution < -0.4 is 0 Å². The summed E-state index contributed by atoms with van der Waals surface area (Å²) in [7, 11) is 0. The summed E-state index contributed by atoms with van der Waals surface area (Å²) in [4.78, 5) is 1.83. The second kappa shape index (κ2) is 11.7. The van der Waals surface area contributed by atoms with Gasteiger partial charge in [-0.05, 0) is 43.0 Å². The molecule has 6 nitrogen and oxygen atoms in total. The molecule has 0 saturated carbocycles. The van der Waals surface area contributed by atoms with E-state index in [9.17, 15) is 24.8 Å². The highest BCUT2D eigenvalue weighted by Crippen LogP contribution is 2.23. The number of halogens is 1. The Kier molecular flexibility index (Phi) is 8.95. The number of rotatable bonds is 10. The number of hydrogen-bond donors (Lipinski definition) is 4. The van der Waals surface area contributed by atoms with Crippen LogP contribution in [-0.4, -0.2) is 76.0 Å². The van der Waals surface area contributed by atoms with Gasteiger partial charge in [0, 0.05) is 18.7 Å². The van der Waals surface area contributed by atoms with Crippen molar-refractivity contribution < 1.29 is 29.6 Å². The summed E-state index contributed by atoms with van der Waals surface area (Å²) in [5, 5.41) is 39.1. The molecule has 0 spiro atoms. The molecule has 1 heterocycles. The van der Waals surface area contributed by atoms with E-state index in [1.165, 1.54) is 6.07 Å². The van der Waals surface area contributed by atoms with Crippen molar-refractivity contribution in [1.29, 1.82) is 0 Å². The normalized spacial score (nSPS) is 24.4. The SMILES string of the molecule is OC[C@@H]1[C@@H](O)[C@H](O)[C@@H](O)CN1CCCCCOCc1ccc(-c2ccccc2F)cc1. The van der Waals surface area contributed by atoms with Crippen molar-refractivity contribution in [3.63, 3.8) is 0 Å². The van der Waals surface area contributed by atoms with Crippen molar-refractivity contribution in [3.8, 4) is 11.1 Å². The number of β-amino-alcohol motifs (C(OH)–C–C–N with tert-alkyl or cyclic N) is 1. The number of ether oxygens (including phenoxy) is 1. The summed E-state index contributed by atoms with van der Waals surface area (Å²) in [6.45, 7) is 1.71. The summed E-state index contributed by atoms with van der Waals surface area (Å²) < 4.78 is 19.6. The Labute approximate surface area is 182 Å². The molecule has 1 saturated heterocycles. The number of benzene rings is 2. The zero-order valence-corrected chi connectivity index (χ0v) is 17.6. The van der Waals surface area contributed by atoms with Crippen LogP contribution in [0.3, 0.4) is 0 Å². The maximum absolute atomic E-state index is 13.9. The van der Waals surface area contributed by atoms with E-state index in [0.717, 1.165) is 30.4 Å². The second-order valence-electron chi connectivity index (χ2n) is 8.08. The molecule has 0 unspecified atom stereocenters. The van der Waals surface area contributed by atoms with Crippen LogP contribution in [0, 0.1) is 5.82 Å². The Hall–Kier alpha value is -1.87. The van der Waals surface area contributed by atoms with Crippen LogP contribution in [0.4, 0.5) is 4.39 Å². The van der Waals surface area contributed by atoms with E-state index >= 15 is 0 Å². The van der Waals surface area contributed by atoms with Crippen LogP contribution in [0.2, 0.25) is 0 Å². The van der Waals surface area contributed by atoms with E-state index in [-0.39, 0.29) is 19.0 Å². The van der Waals surface area contributed by atoms with Crippen LogP contribution >= 0.6 is 0 Å². The molecule has 4 N–H and O–H groups in total. The minimum absolute atomic E-state index is 0.235. The third-order valence-corrected chi connectivity index (χ3v) is 5.86. The molecule has 0 bridgehead atoms. The first-order valence-corrected chi connectivity index (χ1v) is 10.8. The molecular weight excluding hydrogens is 401 g/mol. The third-order valence-electron chi connectivity index (χ3n) is 5.86. The van der Waals surface area contributed by atoms with Crippen LogP contribution in [0.15, 0.2) is 48.5 Å². The minimum atomic E-state index is -1.22. The van der Waals surface area contributed by atoms with Gasteiger partial charge in [-0.25, -0.2) is 4.39 Å². The topological polar surface area (TPSA) is 93.4 Å². The lowest BCUT2D eigenvalue weighted by Crippen LogP contribution is -2.62. The first kappa shape index (κ1) is 23.8. The highest BCUT2D eigenvalue weighted by Gasteiger charge is 2.40. The van der Waals surface area contributed by atoms with Gasteiger partial charge in [-0.1, -0.05) is 42.5 Å². The lowest BCUT2D eigenvalue weighted by atomic mass is 9.94. The highest BCUT2D eigenvalue weighted by atomic mass is 19.1. The number of nitrogens with zero attached hydrogens (tertiary/aromatic N) is 1. The fourth-order valence-corrected chi connectivity index (χ4v) is 4.00. The molecular formula is C24H32FNO5. The molecule has 0 radical (unpaired) electrons. The second-order valence-corrected chi connectivity index (χ2v) is 8.08. The summed E-state index contributed by atoms with van der Waals surface area (Å²) in [5.41, 5.74) is 2.45. The molecule has 170 valence electrons. The number of unbranched alkanes of at least 4 members (excludes halogenated alkanes) is 2. The summed E-state index contributed by atoms with van der Waals surface area (Å²) in [5.74, 6) is -0.235. The fraction of sp³-hybridized carbons (Fsp3) is 0.500. The molecule has 1 aliphatic rings. The molecule has 0 aliphatic carbocycles. The molecule has 0 amide bonds. The summed E-state index contributed by atoms with van der Waals surface area (Å²) in [6, 6.07) is 13.8. The fourth-order valence-electron chi connectivity index (χ4n) is 4.00. The van der Waals surface area contributed by atoms with Crippen molar-refractivity contribution >= 4 is 0 Å². The van der Waals surface area contributed by atoms with Crippen LogP contribution in [0.25, 0.3) is 11.1 Å². The molecule has 31 heavy (non-hydrogen) atoms. The number of likely N-dealkylation sites (tertiary alicyclic amines) is 1. The van der Waals surface area contributed by atoms with Crippen LogP contribution in [0.1, 0.15) is 24.8 Å². The Morgan fingerprint density at radius 3 is 2.39 bits per heavy atom. The molecule has 1 aliphatic heterocycles. The third kappa shape index (κ3) is 6.32. The lowest BCUT2D eigenvalue weighted by molar-refractivity contribution is -0.145. The Bertz CT molecular complexity index is 803. The average molecular weight is 434 g/mol. The maximum atomic E-state index is 13.9. The van der Waals surface area contributed by atoms with Crippen molar-refractivity contribution in [3.05, 3.63) is 59.9 Å². The molecule has 1 fully saturated rings. The van der Waals surface area contributed by atoms with E-state index in [0.29, 0.717) is 25.3 Å².